The van der Waals surface area contributed by atoms with Gasteiger partial charge in [-0.15, -0.1) is 0 Å². The fourth-order valence-corrected chi connectivity index (χ4v) is 3.64. The average molecular weight is 632 g/mol. The van der Waals surface area contributed by atoms with E-state index in [-0.39, 0.29) is 6.07 Å². The SMILES string of the molecule is Nc1c(F)c(Oc2cc(CF)c(CF)c(Oc3c(F)c(N)c(C(F)(F)F)c(F)c3F)c2CF)c(F)c(F)c1C(F)(F)F. The average Bonchev–Trinajstić information content (AvgIpc) is 2.89. The molecule has 0 spiro atoms. The Bertz CT molecular complexity index is 1490. The highest BCUT2D eigenvalue weighted by Gasteiger charge is 2.43. The van der Waals surface area contributed by atoms with Crippen molar-refractivity contribution in [2.45, 2.75) is 32.4 Å². The molecule has 0 radical (unpaired) electrons. The van der Waals surface area contributed by atoms with Crippen molar-refractivity contribution in [1.82, 2.24) is 0 Å². The zero-order valence-electron chi connectivity index (χ0n) is 19.8. The lowest BCUT2D eigenvalue weighted by atomic mass is 10.0. The van der Waals surface area contributed by atoms with Gasteiger partial charge in [0.2, 0.25) is 23.1 Å². The summed E-state index contributed by atoms with van der Waals surface area (Å²) in [7, 11) is 0. The number of hydrogen-bond acceptors (Lipinski definition) is 4. The lowest BCUT2D eigenvalue weighted by Crippen LogP contribution is -2.17. The maximum atomic E-state index is 14.7. The van der Waals surface area contributed by atoms with Crippen LogP contribution in [-0.2, 0) is 32.4 Å². The molecule has 0 aromatic heterocycles. The summed E-state index contributed by atoms with van der Waals surface area (Å²) in [6.45, 7) is -5.76. The molecule has 230 valence electrons. The smallest absolute Gasteiger partial charge is 0.421 e. The zero-order chi connectivity index (χ0) is 32.1. The van der Waals surface area contributed by atoms with Crippen LogP contribution in [0.25, 0.3) is 0 Å². The first-order chi connectivity index (χ1) is 19.3. The van der Waals surface area contributed by atoms with Crippen LogP contribution >= 0.6 is 0 Å². The van der Waals surface area contributed by atoms with Gasteiger partial charge in [-0.1, -0.05) is 0 Å². The molecule has 42 heavy (non-hydrogen) atoms. The fourth-order valence-electron chi connectivity index (χ4n) is 3.64. The Morgan fingerprint density at radius 2 is 0.929 bits per heavy atom. The van der Waals surface area contributed by atoms with Crippen LogP contribution < -0.4 is 20.9 Å². The molecule has 19 heteroatoms. The monoisotopic (exact) mass is 632 g/mol. The number of nitrogen functional groups attached to an aromatic ring is 2. The molecule has 0 atom stereocenters. The molecule has 3 aromatic carbocycles. The van der Waals surface area contributed by atoms with Crippen molar-refractivity contribution in [3.63, 3.8) is 0 Å². The molecule has 0 saturated heterocycles. The number of nitrogens with two attached hydrogens (primary N) is 2. The van der Waals surface area contributed by atoms with E-state index in [1.165, 1.54) is 0 Å². The molecule has 0 aliphatic rings. The number of rotatable bonds is 7. The summed E-state index contributed by atoms with van der Waals surface area (Å²) in [6.07, 6.45) is -11.5. The first-order valence-corrected chi connectivity index (χ1v) is 10.6. The minimum absolute atomic E-state index is 0.274. The van der Waals surface area contributed by atoms with Gasteiger partial charge < -0.3 is 20.9 Å². The third-order valence-electron chi connectivity index (χ3n) is 5.57. The van der Waals surface area contributed by atoms with Gasteiger partial charge in [-0.2, -0.15) is 35.1 Å². The van der Waals surface area contributed by atoms with E-state index in [2.05, 4.69) is 9.47 Å². The Kier molecular flexibility index (Phi) is 8.65. The zero-order valence-corrected chi connectivity index (χ0v) is 19.8. The van der Waals surface area contributed by atoms with Crippen LogP contribution in [0.5, 0.6) is 23.0 Å². The molecular formula is C23H11F15N2O2. The molecule has 4 nitrogen and oxygen atoms in total. The van der Waals surface area contributed by atoms with Gasteiger partial charge in [0.1, 0.15) is 42.6 Å². The molecule has 3 rings (SSSR count). The van der Waals surface area contributed by atoms with Crippen LogP contribution in [0.3, 0.4) is 0 Å². The minimum atomic E-state index is -5.76. The number of hydrogen-bond donors (Lipinski definition) is 2. The fraction of sp³-hybridized carbons (Fsp3) is 0.217. The summed E-state index contributed by atoms with van der Waals surface area (Å²) in [5, 5.41) is 0. The molecule has 4 N–H and O–H groups in total. The van der Waals surface area contributed by atoms with Crippen molar-refractivity contribution in [3.05, 3.63) is 68.8 Å². The summed E-state index contributed by atoms with van der Waals surface area (Å²) in [6, 6.07) is 0.274. The van der Waals surface area contributed by atoms with Crippen LogP contribution in [0.2, 0.25) is 0 Å². The van der Waals surface area contributed by atoms with E-state index in [0.29, 0.717) is 0 Å². The van der Waals surface area contributed by atoms with Crippen LogP contribution in [0.1, 0.15) is 27.8 Å². The normalized spacial score (nSPS) is 12.2. The summed E-state index contributed by atoms with van der Waals surface area (Å²) in [5.41, 5.74) is -3.10. The lowest BCUT2D eigenvalue weighted by molar-refractivity contribution is -0.140. The van der Waals surface area contributed by atoms with Crippen molar-refractivity contribution in [2.24, 2.45) is 0 Å². The standard InChI is InChI=1S/C23H11F15N2O2/c24-2-5-1-8(41-20-13(29)11(27)9(22(33,34)35)17(39)15(20)31)7(4-26)19(6(5)3-25)42-21-14(30)12(28)10(23(36,37)38)18(40)16(21)32/h1H,2-4,39-40H2. The van der Waals surface area contributed by atoms with E-state index in [0.717, 1.165) is 0 Å². The maximum Gasteiger partial charge on any atom is 0.421 e. The number of anilines is 2. The number of benzene rings is 3. The second kappa shape index (κ2) is 11.2. The van der Waals surface area contributed by atoms with Gasteiger partial charge in [-0.05, 0) is 11.6 Å². The van der Waals surface area contributed by atoms with Crippen LogP contribution in [0, 0.1) is 34.9 Å². The highest BCUT2D eigenvalue weighted by atomic mass is 19.4. The molecule has 0 fully saturated rings. The molecule has 0 bridgehead atoms. The maximum absolute atomic E-state index is 14.7. The Balaban J connectivity index is 2.32. The summed E-state index contributed by atoms with van der Waals surface area (Å²) >= 11 is 0. The lowest BCUT2D eigenvalue weighted by Gasteiger charge is -2.22. The molecule has 0 heterocycles. The van der Waals surface area contributed by atoms with Gasteiger partial charge in [0.25, 0.3) is 0 Å². The molecule has 0 aliphatic heterocycles. The first-order valence-electron chi connectivity index (χ1n) is 10.6. The molecule has 0 aliphatic carbocycles. The molecular weight excluding hydrogens is 621 g/mol. The molecule has 0 unspecified atom stereocenters. The second-order valence-electron chi connectivity index (χ2n) is 8.04. The van der Waals surface area contributed by atoms with Crippen LogP contribution in [0.15, 0.2) is 6.07 Å². The predicted molar refractivity (Wildman–Crippen MR) is 112 cm³/mol. The van der Waals surface area contributed by atoms with Gasteiger partial charge in [0.15, 0.2) is 23.3 Å². The second-order valence-corrected chi connectivity index (χ2v) is 8.04. The molecule has 0 saturated carbocycles. The number of alkyl halides is 9. The topological polar surface area (TPSA) is 70.5 Å². The number of ether oxygens (including phenoxy) is 2. The van der Waals surface area contributed by atoms with Crippen LogP contribution in [-0.4, -0.2) is 0 Å². The van der Waals surface area contributed by atoms with Crippen LogP contribution in [0.4, 0.5) is 77.2 Å². The van der Waals surface area contributed by atoms with Crippen molar-refractivity contribution in [3.8, 4) is 23.0 Å². The van der Waals surface area contributed by atoms with E-state index in [4.69, 9.17) is 11.5 Å². The third kappa shape index (κ3) is 5.38. The largest absolute Gasteiger partial charge is 0.450 e. The van der Waals surface area contributed by atoms with E-state index in [1.54, 1.807) is 0 Å². The Morgan fingerprint density at radius 3 is 1.29 bits per heavy atom. The quantitative estimate of drug-likeness (QED) is 0.155. The molecule has 3 aromatic rings. The molecule has 0 amide bonds. The number of halogens is 15. The highest BCUT2D eigenvalue weighted by molar-refractivity contribution is 5.61. The van der Waals surface area contributed by atoms with Gasteiger partial charge in [0, 0.05) is 5.56 Å². The first kappa shape index (κ1) is 32.3. The van der Waals surface area contributed by atoms with Gasteiger partial charge in [-0.3, -0.25) is 0 Å². The van der Waals surface area contributed by atoms with Crippen molar-refractivity contribution in [2.75, 3.05) is 11.5 Å². The van der Waals surface area contributed by atoms with E-state index in [1.807, 2.05) is 0 Å². The minimum Gasteiger partial charge on any atom is -0.450 e. The summed E-state index contributed by atoms with van der Waals surface area (Å²) < 4.78 is 216. The predicted octanol–water partition coefficient (Wildman–Crippen LogP) is 8.72. The Labute approximate surface area is 223 Å². The van der Waals surface area contributed by atoms with Gasteiger partial charge >= 0.3 is 12.4 Å². The van der Waals surface area contributed by atoms with Crippen molar-refractivity contribution in [1.29, 1.82) is 0 Å². The highest BCUT2D eigenvalue weighted by Crippen LogP contribution is 2.48. The van der Waals surface area contributed by atoms with E-state index < -0.39 is 129 Å². The Morgan fingerprint density at radius 1 is 0.524 bits per heavy atom. The van der Waals surface area contributed by atoms with E-state index >= 15 is 0 Å². The van der Waals surface area contributed by atoms with Gasteiger partial charge in [0.05, 0.1) is 16.9 Å². The summed E-state index contributed by atoms with van der Waals surface area (Å²) in [5.74, 6) is -23.1. The van der Waals surface area contributed by atoms with Crippen molar-refractivity contribution < 1.29 is 75.3 Å². The summed E-state index contributed by atoms with van der Waals surface area (Å²) in [4.78, 5) is 0. The van der Waals surface area contributed by atoms with E-state index in [9.17, 15) is 65.9 Å². The van der Waals surface area contributed by atoms with Gasteiger partial charge in [-0.25, -0.2) is 30.7 Å². The third-order valence-corrected chi connectivity index (χ3v) is 5.57. The Hall–Kier alpha value is -4.19. The van der Waals surface area contributed by atoms with Crippen molar-refractivity contribution >= 4 is 11.4 Å².